The maximum absolute atomic E-state index is 12.0. The highest BCUT2D eigenvalue weighted by atomic mass is 32.2. The van der Waals surface area contributed by atoms with Crippen molar-refractivity contribution in [2.75, 3.05) is 6.61 Å². The molecule has 0 N–H and O–H groups in total. The second-order valence-electron chi connectivity index (χ2n) is 4.12. The number of rotatable bonds is 6. The minimum atomic E-state index is -4.02. The summed E-state index contributed by atoms with van der Waals surface area (Å²) >= 11 is 0. The number of non-ortho nitro benzene ring substituents is 1. The van der Waals surface area contributed by atoms with E-state index in [2.05, 4.69) is 0 Å². The SMILES string of the molecule is CCC(OS(=O)(=O)c1cccc([N+](=O)[O-])c1)C1CO1. The lowest BCUT2D eigenvalue weighted by molar-refractivity contribution is -0.385. The van der Waals surface area contributed by atoms with Crippen LogP contribution in [0.3, 0.4) is 0 Å². The summed E-state index contributed by atoms with van der Waals surface area (Å²) < 4.78 is 34.1. The molecular weight excluding hydrogens is 274 g/mol. The van der Waals surface area contributed by atoms with Gasteiger partial charge < -0.3 is 4.74 Å². The van der Waals surface area contributed by atoms with Crippen LogP contribution in [-0.4, -0.2) is 32.2 Å². The molecule has 19 heavy (non-hydrogen) atoms. The molecular formula is C11H13NO6S. The lowest BCUT2D eigenvalue weighted by Gasteiger charge is -2.13. The largest absolute Gasteiger partial charge is 0.370 e. The zero-order chi connectivity index (χ0) is 14.0. The Hall–Kier alpha value is -1.51. The van der Waals surface area contributed by atoms with Crippen LogP contribution in [0.2, 0.25) is 0 Å². The first-order valence-electron chi connectivity index (χ1n) is 5.73. The number of hydrogen-bond donors (Lipinski definition) is 0. The van der Waals surface area contributed by atoms with E-state index in [9.17, 15) is 18.5 Å². The molecule has 1 heterocycles. The lowest BCUT2D eigenvalue weighted by atomic mass is 10.2. The molecule has 2 atom stereocenters. The third kappa shape index (κ3) is 3.28. The molecule has 1 aromatic rings. The van der Waals surface area contributed by atoms with E-state index in [1.54, 1.807) is 6.92 Å². The van der Waals surface area contributed by atoms with Gasteiger partial charge in [0.05, 0.1) is 11.5 Å². The Morgan fingerprint density at radius 1 is 1.58 bits per heavy atom. The van der Waals surface area contributed by atoms with E-state index in [1.165, 1.54) is 18.2 Å². The normalized spacial score (nSPS) is 19.9. The van der Waals surface area contributed by atoms with Gasteiger partial charge in [-0.15, -0.1) is 0 Å². The van der Waals surface area contributed by atoms with Crippen molar-refractivity contribution in [2.24, 2.45) is 0 Å². The van der Waals surface area contributed by atoms with Gasteiger partial charge in [0.25, 0.3) is 15.8 Å². The molecule has 8 heteroatoms. The zero-order valence-electron chi connectivity index (χ0n) is 10.2. The van der Waals surface area contributed by atoms with Crippen LogP contribution in [0.1, 0.15) is 13.3 Å². The van der Waals surface area contributed by atoms with Crippen LogP contribution in [0.15, 0.2) is 29.2 Å². The molecule has 1 fully saturated rings. The van der Waals surface area contributed by atoms with E-state index in [1.807, 2.05) is 0 Å². The molecule has 1 aromatic carbocycles. The molecule has 0 spiro atoms. The minimum absolute atomic E-state index is 0.210. The molecule has 2 rings (SSSR count). The molecule has 0 saturated carbocycles. The summed E-state index contributed by atoms with van der Waals surface area (Å²) in [5.74, 6) is 0. The summed E-state index contributed by atoms with van der Waals surface area (Å²) in [5, 5.41) is 10.6. The quantitative estimate of drug-likeness (QED) is 0.340. The number of hydrogen-bond acceptors (Lipinski definition) is 6. The van der Waals surface area contributed by atoms with Gasteiger partial charge in [0, 0.05) is 12.1 Å². The van der Waals surface area contributed by atoms with Crippen molar-refractivity contribution >= 4 is 15.8 Å². The highest BCUT2D eigenvalue weighted by Crippen LogP contribution is 2.25. The van der Waals surface area contributed by atoms with Crippen molar-refractivity contribution in [3.63, 3.8) is 0 Å². The van der Waals surface area contributed by atoms with Crippen molar-refractivity contribution in [2.45, 2.75) is 30.4 Å². The molecule has 7 nitrogen and oxygen atoms in total. The van der Waals surface area contributed by atoms with E-state index in [4.69, 9.17) is 8.92 Å². The van der Waals surface area contributed by atoms with E-state index in [0.717, 1.165) is 6.07 Å². The topological polar surface area (TPSA) is 99.0 Å². The maximum atomic E-state index is 12.0. The van der Waals surface area contributed by atoms with Gasteiger partial charge in [0.15, 0.2) is 0 Å². The first-order valence-corrected chi connectivity index (χ1v) is 7.14. The third-order valence-corrected chi connectivity index (χ3v) is 4.08. The predicted octanol–water partition coefficient (Wildman–Crippen LogP) is 1.48. The van der Waals surface area contributed by atoms with Crippen molar-refractivity contribution < 1.29 is 22.3 Å². The van der Waals surface area contributed by atoms with Gasteiger partial charge in [-0.05, 0) is 12.5 Å². The smallest absolute Gasteiger partial charge is 0.297 e. The van der Waals surface area contributed by atoms with Gasteiger partial charge in [-0.25, -0.2) is 0 Å². The lowest BCUT2D eigenvalue weighted by Crippen LogP contribution is -2.23. The zero-order valence-corrected chi connectivity index (χ0v) is 11.0. The Bertz CT molecular complexity index is 581. The molecule has 0 radical (unpaired) electrons. The molecule has 1 saturated heterocycles. The van der Waals surface area contributed by atoms with Crippen LogP contribution in [0.4, 0.5) is 5.69 Å². The van der Waals surface area contributed by atoms with Crippen LogP contribution < -0.4 is 0 Å². The summed E-state index contributed by atoms with van der Waals surface area (Å²) in [6, 6.07) is 4.78. The Morgan fingerprint density at radius 3 is 2.79 bits per heavy atom. The molecule has 2 unspecified atom stereocenters. The summed E-state index contributed by atoms with van der Waals surface area (Å²) in [7, 11) is -4.02. The van der Waals surface area contributed by atoms with Crippen LogP contribution in [0, 0.1) is 10.1 Å². The Morgan fingerprint density at radius 2 is 2.26 bits per heavy atom. The van der Waals surface area contributed by atoms with Gasteiger partial charge in [-0.2, -0.15) is 8.42 Å². The predicted molar refractivity (Wildman–Crippen MR) is 65.2 cm³/mol. The highest BCUT2D eigenvalue weighted by Gasteiger charge is 2.36. The minimum Gasteiger partial charge on any atom is -0.370 e. The molecule has 0 aromatic heterocycles. The first-order chi connectivity index (χ1) is 8.94. The number of ether oxygens (including phenoxy) is 1. The summed E-state index contributed by atoms with van der Waals surface area (Å²) in [5.41, 5.74) is -0.291. The third-order valence-electron chi connectivity index (χ3n) is 2.74. The molecule has 1 aliphatic heterocycles. The Kier molecular flexibility index (Phi) is 3.83. The number of benzene rings is 1. The average Bonchev–Trinajstić information content (AvgIpc) is 3.20. The second kappa shape index (κ2) is 5.24. The molecule has 1 aliphatic rings. The standard InChI is InChI=1S/C11H13NO6S/c1-2-10(11-7-17-11)18-19(15,16)9-5-3-4-8(6-9)12(13)14/h3-6,10-11H,2,7H2,1H3. The van der Waals surface area contributed by atoms with Crippen molar-refractivity contribution in [3.8, 4) is 0 Å². The summed E-state index contributed by atoms with van der Waals surface area (Å²) in [6.07, 6.45) is -0.276. The van der Waals surface area contributed by atoms with Crippen molar-refractivity contribution in [3.05, 3.63) is 34.4 Å². The highest BCUT2D eigenvalue weighted by molar-refractivity contribution is 7.86. The van der Waals surface area contributed by atoms with Gasteiger partial charge in [-0.3, -0.25) is 14.3 Å². The number of nitro benzene ring substituents is 1. The van der Waals surface area contributed by atoms with Crippen LogP contribution in [0.25, 0.3) is 0 Å². The van der Waals surface area contributed by atoms with Crippen LogP contribution in [-0.2, 0) is 19.0 Å². The van der Waals surface area contributed by atoms with E-state index in [0.29, 0.717) is 13.0 Å². The molecule has 0 amide bonds. The van der Waals surface area contributed by atoms with Gasteiger partial charge in [0.2, 0.25) is 0 Å². The second-order valence-corrected chi connectivity index (χ2v) is 5.70. The average molecular weight is 287 g/mol. The molecule has 0 bridgehead atoms. The van der Waals surface area contributed by atoms with Crippen LogP contribution >= 0.6 is 0 Å². The first kappa shape index (κ1) is 13.9. The van der Waals surface area contributed by atoms with Crippen molar-refractivity contribution in [1.29, 1.82) is 0 Å². The van der Waals surface area contributed by atoms with E-state index < -0.39 is 21.1 Å². The van der Waals surface area contributed by atoms with Gasteiger partial charge >= 0.3 is 0 Å². The molecule has 0 aliphatic carbocycles. The number of nitro groups is 1. The summed E-state index contributed by atoms with van der Waals surface area (Å²) in [4.78, 5) is 9.75. The van der Waals surface area contributed by atoms with Crippen LogP contribution in [0.5, 0.6) is 0 Å². The fraction of sp³-hybridized carbons (Fsp3) is 0.455. The fourth-order valence-corrected chi connectivity index (χ4v) is 2.84. The summed E-state index contributed by atoms with van der Waals surface area (Å²) in [6.45, 7) is 2.26. The maximum Gasteiger partial charge on any atom is 0.297 e. The monoisotopic (exact) mass is 287 g/mol. The van der Waals surface area contributed by atoms with E-state index in [-0.39, 0.29) is 16.7 Å². The molecule has 104 valence electrons. The number of nitrogens with zero attached hydrogens (tertiary/aromatic N) is 1. The number of epoxide rings is 1. The van der Waals surface area contributed by atoms with E-state index >= 15 is 0 Å². The Labute approximate surface area is 110 Å². The van der Waals surface area contributed by atoms with Gasteiger partial charge in [-0.1, -0.05) is 13.0 Å². The van der Waals surface area contributed by atoms with Crippen molar-refractivity contribution in [1.82, 2.24) is 0 Å². The Balaban J connectivity index is 2.23. The van der Waals surface area contributed by atoms with Gasteiger partial charge in [0.1, 0.15) is 17.1 Å². The fourth-order valence-electron chi connectivity index (χ4n) is 1.63.